The van der Waals surface area contributed by atoms with Crippen LogP contribution in [0.5, 0.6) is 0 Å². The van der Waals surface area contributed by atoms with E-state index in [4.69, 9.17) is 21.3 Å². The summed E-state index contributed by atoms with van der Waals surface area (Å²) in [5.41, 5.74) is 2.52. The third kappa shape index (κ3) is 4.05. The van der Waals surface area contributed by atoms with Gasteiger partial charge in [0.2, 0.25) is 0 Å². The van der Waals surface area contributed by atoms with Crippen LogP contribution in [0.1, 0.15) is 24.8 Å². The van der Waals surface area contributed by atoms with Crippen LogP contribution in [0, 0.1) is 6.92 Å². The van der Waals surface area contributed by atoms with E-state index in [1.54, 1.807) is 34.5 Å². The molecule has 0 saturated carbocycles. The van der Waals surface area contributed by atoms with Crippen molar-refractivity contribution in [2.45, 2.75) is 37.4 Å². The molecular weight excluding hydrogens is 380 g/mol. The first-order valence-corrected chi connectivity index (χ1v) is 10.5. The van der Waals surface area contributed by atoms with Crippen LogP contribution in [0.15, 0.2) is 52.4 Å². The number of aryl methyl sites for hydroxylation is 1. The summed E-state index contributed by atoms with van der Waals surface area (Å²) < 4.78 is 7.54. The highest BCUT2D eigenvalue weighted by Gasteiger charge is 2.18. The first kappa shape index (κ1) is 18.5. The summed E-state index contributed by atoms with van der Waals surface area (Å²) in [6.45, 7) is 2.85. The largest absolute Gasteiger partial charge is 0.377 e. The molecule has 0 bridgehead atoms. The van der Waals surface area contributed by atoms with Crippen LogP contribution < -0.4 is 5.56 Å². The second kappa shape index (κ2) is 8.05. The zero-order valence-electron chi connectivity index (χ0n) is 15.2. The fourth-order valence-corrected chi connectivity index (χ4v) is 4.51. The SMILES string of the molecule is Cc1ccc(-n2c(SC[C@H]3CCCCO3)nc3cc(Cl)ccc3c2=O)cc1. The zero-order valence-corrected chi connectivity index (χ0v) is 16.7. The fraction of sp³-hybridized carbons (Fsp3) is 0.333. The van der Waals surface area contributed by atoms with Crippen molar-refractivity contribution < 1.29 is 4.74 Å². The Morgan fingerprint density at radius 3 is 2.78 bits per heavy atom. The molecule has 2 aromatic carbocycles. The summed E-state index contributed by atoms with van der Waals surface area (Å²) >= 11 is 7.69. The van der Waals surface area contributed by atoms with E-state index in [2.05, 4.69) is 0 Å². The maximum Gasteiger partial charge on any atom is 0.266 e. The Balaban J connectivity index is 1.79. The van der Waals surface area contributed by atoms with Gasteiger partial charge in [-0.25, -0.2) is 4.98 Å². The highest BCUT2D eigenvalue weighted by molar-refractivity contribution is 7.99. The molecule has 1 aliphatic heterocycles. The molecule has 140 valence electrons. The molecule has 27 heavy (non-hydrogen) atoms. The van der Waals surface area contributed by atoms with Gasteiger partial charge in [0.1, 0.15) is 0 Å². The molecule has 1 aromatic heterocycles. The topological polar surface area (TPSA) is 44.1 Å². The van der Waals surface area contributed by atoms with Crippen molar-refractivity contribution in [3.63, 3.8) is 0 Å². The molecule has 0 spiro atoms. The predicted molar refractivity (Wildman–Crippen MR) is 111 cm³/mol. The molecule has 0 amide bonds. The molecular formula is C21H21ClN2O2S. The summed E-state index contributed by atoms with van der Waals surface area (Å²) in [7, 11) is 0. The summed E-state index contributed by atoms with van der Waals surface area (Å²) in [6.07, 6.45) is 3.59. The molecule has 1 saturated heterocycles. The zero-order chi connectivity index (χ0) is 18.8. The van der Waals surface area contributed by atoms with Crippen molar-refractivity contribution in [2.75, 3.05) is 12.4 Å². The second-order valence-electron chi connectivity index (χ2n) is 6.83. The number of ether oxygens (including phenoxy) is 1. The molecule has 0 unspecified atom stereocenters. The number of halogens is 1. The highest BCUT2D eigenvalue weighted by atomic mass is 35.5. The molecule has 0 aliphatic carbocycles. The Morgan fingerprint density at radius 1 is 1.22 bits per heavy atom. The van der Waals surface area contributed by atoms with Gasteiger partial charge < -0.3 is 4.74 Å². The van der Waals surface area contributed by atoms with E-state index in [1.807, 2.05) is 31.2 Å². The molecule has 0 radical (unpaired) electrons. The summed E-state index contributed by atoms with van der Waals surface area (Å²) in [4.78, 5) is 18.0. The van der Waals surface area contributed by atoms with E-state index in [0.717, 1.165) is 36.5 Å². The lowest BCUT2D eigenvalue weighted by atomic mass is 10.1. The Hall–Kier alpha value is -1.82. The number of benzene rings is 2. The van der Waals surface area contributed by atoms with Gasteiger partial charge in [0.25, 0.3) is 5.56 Å². The average molecular weight is 401 g/mol. The maximum absolute atomic E-state index is 13.2. The standard InChI is InChI=1S/C21H21ClN2O2S/c1-14-5-8-16(9-6-14)24-20(25)18-10-7-15(22)12-19(18)23-21(24)27-13-17-4-2-3-11-26-17/h5-10,12,17H,2-4,11,13H2,1H3/t17-/m1/s1. The van der Waals surface area contributed by atoms with Crippen molar-refractivity contribution in [2.24, 2.45) is 0 Å². The Morgan fingerprint density at radius 2 is 2.04 bits per heavy atom. The number of thioether (sulfide) groups is 1. The lowest BCUT2D eigenvalue weighted by molar-refractivity contribution is 0.0315. The summed E-state index contributed by atoms with van der Waals surface area (Å²) in [6, 6.07) is 13.2. The molecule has 1 aliphatic rings. The molecule has 1 atom stereocenters. The van der Waals surface area contributed by atoms with E-state index >= 15 is 0 Å². The molecule has 2 heterocycles. The van der Waals surface area contributed by atoms with Crippen molar-refractivity contribution in [1.82, 2.24) is 9.55 Å². The van der Waals surface area contributed by atoms with Crippen molar-refractivity contribution in [3.8, 4) is 5.69 Å². The Labute approximate surface area is 167 Å². The first-order chi connectivity index (χ1) is 13.1. The van der Waals surface area contributed by atoms with Gasteiger partial charge in [-0.05, 0) is 56.5 Å². The Kier molecular flexibility index (Phi) is 5.53. The number of hydrogen-bond donors (Lipinski definition) is 0. The van der Waals surface area contributed by atoms with Crippen molar-refractivity contribution >= 4 is 34.3 Å². The van der Waals surface area contributed by atoms with Crippen molar-refractivity contribution in [3.05, 3.63) is 63.4 Å². The molecule has 3 aromatic rings. The minimum Gasteiger partial charge on any atom is -0.377 e. The van der Waals surface area contributed by atoms with E-state index in [9.17, 15) is 4.79 Å². The maximum atomic E-state index is 13.2. The number of nitrogens with zero attached hydrogens (tertiary/aromatic N) is 2. The van der Waals surface area contributed by atoms with Crippen molar-refractivity contribution in [1.29, 1.82) is 0 Å². The van der Waals surface area contributed by atoms with Gasteiger partial charge in [0.05, 0.1) is 22.7 Å². The molecule has 4 rings (SSSR count). The van der Waals surface area contributed by atoms with Gasteiger partial charge in [-0.15, -0.1) is 0 Å². The highest BCUT2D eigenvalue weighted by Crippen LogP contribution is 2.26. The van der Waals surface area contributed by atoms with Crippen LogP contribution in [0.25, 0.3) is 16.6 Å². The number of fused-ring (bicyclic) bond motifs is 1. The summed E-state index contributed by atoms with van der Waals surface area (Å²) in [5.74, 6) is 0.782. The van der Waals surface area contributed by atoms with Crippen LogP contribution in [0.3, 0.4) is 0 Å². The molecule has 1 fully saturated rings. The first-order valence-electron chi connectivity index (χ1n) is 9.15. The van der Waals surface area contributed by atoms with Gasteiger partial charge in [-0.2, -0.15) is 0 Å². The molecule has 0 N–H and O–H groups in total. The number of hydrogen-bond acceptors (Lipinski definition) is 4. The third-order valence-electron chi connectivity index (χ3n) is 4.77. The smallest absolute Gasteiger partial charge is 0.266 e. The predicted octanol–water partition coefficient (Wildman–Crippen LogP) is 5.01. The van der Waals surface area contributed by atoms with Gasteiger partial charge in [-0.1, -0.05) is 41.1 Å². The lowest BCUT2D eigenvalue weighted by Crippen LogP contribution is -2.24. The Bertz CT molecular complexity index is 1010. The third-order valence-corrected chi connectivity index (χ3v) is 6.07. The van der Waals surface area contributed by atoms with Gasteiger partial charge in [0.15, 0.2) is 5.16 Å². The normalized spacial score (nSPS) is 17.3. The van der Waals surface area contributed by atoms with Crippen LogP contribution in [-0.4, -0.2) is 28.0 Å². The van der Waals surface area contributed by atoms with Crippen LogP contribution >= 0.6 is 23.4 Å². The minimum atomic E-state index is -0.0763. The quantitative estimate of drug-likeness (QED) is 0.456. The van der Waals surface area contributed by atoms with E-state index < -0.39 is 0 Å². The number of rotatable bonds is 4. The van der Waals surface area contributed by atoms with Gasteiger partial charge in [-0.3, -0.25) is 9.36 Å². The van der Waals surface area contributed by atoms with Gasteiger partial charge >= 0.3 is 0 Å². The lowest BCUT2D eigenvalue weighted by Gasteiger charge is -2.22. The molecule has 6 heteroatoms. The van der Waals surface area contributed by atoms with Crippen LogP contribution in [-0.2, 0) is 4.74 Å². The van der Waals surface area contributed by atoms with Crippen LogP contribution in [0.4, 0.5) is 0 Å². The monoisotopic (exact) mass is 400 g/mol. The second-order valence-corrected chi connectivity index (χ2v) is 8.26. The minimum absolute atomic E-state index is 0.0763. The van der Waals surface area contributed by atoms with E-state index in [-0.39, 0.29) is 11.7 Å². The van der Waals surface area contributed by atoms with E-state index in [0.29, 0.717) is 21.1 Å². The molecule has 4 nitrogen and oxygen atoms in total. The van der Waals surface area contributed by atoms with E-state index in [1.165, 1.54) is 6.42 Å². The van der Waals surface area contributed by atoms with Gasteiger partial charge in [0, 0.05) is 17.4 Å². The average Bonchev–Trinajstić information content (AvgIpc) is 2.68. The fourth-order valence-electron chi connectivity index (χ4n) is 3.26. The number of aromatic nitrogens is 2. The summed E-state index contributed by atoms with van der Waals surface area (Å²) in [5, 5.41) is 1.82. The van der Waals surface area contributed by atoms with Crippen LogP contribution in [0.2, 0.25) is 5.02 Å².